The van der Waals surface area contributed by atoms with Crippen molar-refractivity contribution in [3.05, 3.63) is 93.7 Å². The average molecular weight is 692 g/mol. The molecule has 2 fully saturated rings. The first-order chi connectivity index (χ1) is 23.0. The van der Waals surface area contributed by atoms with Gasteiger partial charge in [-0.05, 0) is 82.3 Å². The van der Waals surface area contributed by atoms with Gasteiger partial charge >= 0.3 is 6.09 Å². The van der Waals surface area contributed by atoms with Crippen LogP contribution in [0.1, 0.15) is 69.3 Å². The SMILES string of the molecule is COc1ccc(Cn2nc(C3(c4c(Cl)ccc(F)c4Cl)CC3)c3cc(-c4cnn(C5CCN(C(=O)OC(C)(C)C)CC5)c4)cnc32)cc1. The van der Waals surface area contributed by atoms with Crippen LogP contribution in [-0.2, 0) is 16.7 Å². The molecule has 0 spiro atoms. The fraction of sp³-hybridized carbons (Fsp3) is 0.389. The highest BCUT2D eigenvalue weighted by molar-refractivity contribution is 6.36. The number of likely N-dealkylation sites (tertiary alicyclic amines) is 1. The molecule has 9 nitrogen and oxygen atoms in total. The van der Waals surface area contributed by atoms with Gasteiger partial charge in [0.2, 0.25) is 0 Å². The Bertz CT molecular complexity index is 1990. The molecule has 5 aromatic rings. The Morgan fingerprint density at radius 3 is 2.44 bits per heavy atom. The van der Waals surface area contributed by atoms with Gasteiger partial charge in [0, 0.05) is 58.0 Å². The molecule has 0 unspecified atom stereocenters. The zero-order valence-corrected chi connectivity index (χ0v) is 28.9. The highest BCUT2D eigenvalue weighted by atomic mass is 35.5. The highest BCUT2D eigenvalue weighted by Crippen LogP contribution is 2.58. The minimum Gasteiger partial charge on any atom is -0.497 e. The molecule has 2 aliphatic rings. The van der Waals surface area contributed by atoms with E-state index in [0.717, 1.165) is 59.2 Å². The molecule has 1 saturated heterocycles. The molecule has 1 saturated carbocycles. The fourth-order valence-corrected chi connectivity index (χ4v) is 7.34. The average Bonchev–Trinajstić information content (AvgIpc) is 3.54. The monoisotopic (exact) mass is 690 g/mol. The number of pyridine rings is 1. The summed E-state index contributed by atoms with van der Waals surface area (Å²) in [6, 6.07) is 12.9. The molecule has 12 heteroatoms. The van der Waals surface area contributed by atoms with Crippen LogP contribution in [-0.4, -0.2) is 61.3 Å². The summed E-state index contributed by atoms with van der Waals surface area (Å²) in [5, 5.41) is 11.1. The largest absolute Gasteiger partial charge is 0.497 e. The first-order valence-corrected chi connectivity index (χ1v) is 16.9. The minimum atomic E-state index is -0.633. The number of nitrogens with zero attached hydrogens (tertiary/aromatic N) is 6. The van der Waals surface area contributed by atoms with Crippen LogP contribution in [0.2, 0.25) is 10.0 Å². The van der Waals surface area contributed by atoms with Crippen molar-refractivity contribution < 1.29 is 18.7 Å². The van der Waals surface area contributed by atoms with E-state index in [2.05, 4.69) is 6.07 Å². The number of carbonyl (C=O) groups excluding carboxylic acids is 1. The van der Waals surface area contributed by atoms with Gasteiger partial charge in [0.1, 0.15) is 17.2 Å². The summed E-state index contributed by atoms with van der Waals surface area (Å²) in [6.45, 7) is 7.31. The van der Waals surface area contributed by atoms with Gasteiger partial charge in [-0.3, -0.25) is 4.68 Å². The van der Waals surface area contributed by atoms with Gasteiger partial charge in [-0.2, -0.15) is 10.2 Å². The Morgan fingerprint density at radius 1 is 1.04 bits per heavy atom. The molecule has 48 heavy (non-hydrogen) atoms. The molecule has 1 aliphatic carbocycles. The lowest BCUT2D eigenvalue weighted by Gasteiger charge is -2.33. The number of carbonyl (C=O) groups is 1. The van der Waals surface area contributed by atoms with Crippen molar-refractivity contribution >= 4 is 40.3 Å². The lowest BCUT2D eigenvalue weighted by molar-refractivity contribution is 0.0184. The van der Waals surface area contributed by atoms with E-state index in [-0.39, 0.29) is 17.2 Å². The molecule has 7 rings (SSSR count). The Balaban J connectivity index is 1.22. The fourth-order valence-electron chi connectivity index (χ4n) is 6.61. The minimum absolute atomic E-state index is 0.0287. The molecule has 0 N–H and O–H groups in total. The van der Waals surface area contributed by atoms with E-state index in [1.54, 1.807) is 18.1 Å². The predicted octanol–water partition coefficient (Wildman–Crippen LogP) is 8.45. The van der Waals surface area contributed by atoms with E-state index in [1.807, 2.05) is 73.0 Å². The lowest BCUT2D eigenvalue weighted by atomic mass is 9.90. The maximum Gasteiger partial charge on any atom is 0.410 e. The molecule has 0 bridgehead atoms. The number of piperidine rings is 1. The van der Waals surface area contributed by atoms with Crippen LogP contribution in [0.5, 0.6) is 5.75 Å². The summed E-state index contributed by atoms with van der Waals surface area (Å²) in [5.74, 6) is 0.265. The van der Waals surface area contributed by atoms with Gasteiger partial charge in [-0.25, -0.2) is 18.9 Å². The van der Waals surface area contributed by atoms with Crippen molar-refractivity contribution in [2.45, 2.75) is 70.1 Å². The first-order valence-electron chi connectivity index (χ1n) is 16.1. The summed E-state index contributed by atoms with van der Waals surface area (Å²) in [4.78, 5) is 19.2. The zero-order valence-electron chi connectivity index (χ0n) is 27.3. The normalized spacial score (nSPS) is 16.4. The first kappa shape index (κ1) is 32.4. The molecule has 3 aromatic heterocycles. The highest BCUT2D eigenvalue weighted by Gasteiger charge is 2.52. The van der Waals surface area contributed by atoms with Crippen LogP contribution < -0.4 is 4.74 Å². The number of hydrogen-bond donors (Lipinski definition) is 0. The molecule has 2 aromatic carbocycles. The van der Waals surface area contributed by atoms with Crippen LogP contribution in [0.15, 0.2) is 61.1 Å². The number of ether oxygens (including phenoxy) is 2. The number of amides is 1. The Kier molecular flexibility index (Phi) is 8.36. The zero-order chi connectivity index (χ0) is 33.8. The summed E-state index contributed by atoms with van der Waals surface area (Å²) in [6.07, 6.45) is 8.45. The number of benzene rings is 2. The number of fused-ring (bicyclic) bond motifs is 1. The molecule has 0 radical (unpaired) electrons. The van der Waals surface area contributed by atoms with E-state index in [4.69, 9.17) is 47.9 Å². The second kappa shape index (κ2) is 12.4. The smallest absolute Gasteiger partial charge is 0.410 e. The molecule has 4 heterocycles. The third-order valence-electron chi connectivity index (χ3n) is 9.23. The topological polar surface area (TPSA) is 87.3 Å². The molecule has 1 amide bonds. The standard InChI is InChI=1S/C36H37Cl2FN6O3/c1-35(2,3)48-34(46)43-15-11-25(12-16-43)44-21-24(19-41-44)23-17-27-32(36(13-14-36)30-28(37)9-10-29(39)31(30)38)42-45(33(27)40-18-23)20-22-5-7-26(47-4)8-6-22/h5-10,17-19,21,25H,11-16,20H2,1-4H3. The van der Waals surface area contributed by atoms with Gasteiger partial charge in [-0.15, -0.1) is 0 Å². The van der Waals surface area contributed by atoms with Crippen LogP contribution in [0.3, 0.4) is 0 Å². The van der Waals surface area contributed by atoms with E-state index in [0.29, 0.717) is 35.9 Å². The van der Waals surface area contributed by atoms with Gasteiger partial charge in [-0.1, -0.05) is 35.3 Å². The second-order valence-electron chi connectivity index (χ2n) is 13.7. The maximum atomic E-state index is 14.8. The third kappa shape index (κ3) is 6.12. The van der Waals surface area contributed by atoms with E-state index in [1.165, 1.54) is 6.07 Å². The summed E-state index contributed by atoms with van der Waals surface area (Å²) in [5.41, 5.74) is 3.73. The van der Waals surface area contributed by atoms with Crippen molar-refractivity contribution in [3.63, 3.8) is 0 Å². The lowest BCUT2D eigenvalue weighted by Crippen LogP contribution is -2.42. The van der Waals surface area contributed by atoms with Crippen LogP contribution in [0.25, 0.3) is 22.2 Å². The van der Waals surface area contributed by atoms with Crippen molar-refractivity contribution in [2.24, 2.45) is 0 Å². The van der Waals surface area contributed by atoms with Gasteiger partial charge < -0.3 is 14.4 Å². The Labute approximate surface area is 288 Å². The van der Waals surface area contributed by atoms with Crippen molar-refractivity contribution in [1.82, 2.24) is 29.4 Å². The van der Waals surface area contributed by atoms with Gasteiger partial charge in [0.25, 0.3) is 0 Å². The number of rotatable bonds is 7. The molecular weight excluding hydrogens is 654 g/mol. The van der Waals surface area contributed by atoms with Crippen molar-refractivity contribution in [3.8, 4) is 16.9 Å². The third-order valence-corrected chi connectivity index (χ3v) is 9.91. The molecule has 250 valence electrons. The number of methoxy groups -OCH3 is 1. The van der Waals surface area contributed by atoms with Crippen molar-refractivity contribution in [2.75, 3.05) is 20.2 Å². The second-order valence-corrected chi connectivity index (χ2v) is 14.4. The number of halogens is 3. The van der Waals surface area contributed by atoms with Gasteiger partial charge in [0.05, 0.1) is 36.6 Å². The predicted molar refractivity (Wildman–Crippen MR) is 183 cm³/mol. The van der Waals surface area contributed by atoms with Crippen LogP contribution >= 0.6 is 23.2 Å². The van der Waals surface area contributed by atoms with Crippen molar-refractivity contribution in [1.29, 1.82) is 0 Å². The quantitative estimate of drug-likeness (QED) is 0.159. The van der Waals surface area contributed by atoms with Crippen LogP contribution in [0, 0.1) is 5.82 Å². The Morgan fingerprint density at radius 2 is 1.77 bits per heavy atom. The summed E-state index contributed by atoms with van der Waals surface area (Å²) in [7, 11) is 1.64. The molecule has 1 aliphatic heterocycles. The number of aromatic nitrogens is 5. The number of hydrogen-bond acceptors (Lipinski definition) is 6. The van der Waals surface area contributed by atoms with E-state index in [9.17, 15) is 9.18 Å². The van der Waals surface area contributed by atoms with E-state index < -0.39 is 16.8 Å². The molecular formula is C36H37Cl2FN6O3. The summed E-state index contributed by atoms with van der Waals surface area (Å²) >= 11 is 13.3. The van der Waals surface area contributed by atoms with E-state index >= 15 is 0 Å². The molecule has 0 atom stereocenters. The Hall–Kier alpha value is -4.15. The maximum absolute atomic E-state index is 14.8. The van der Waals surface area contributed by atoms with Gasteiger partial charge in [0.15, 0.2) is 5.65 Å². The van der Waals surface area contributed by atoms with Crippen LogP contribution in [0.4, 0.5) is 9.18 Å². The summed E-state index contributed by atoms with van der Waals surface area (Å²) < 4.78 is 29.6.